The molecule has 1 heterocycles. The fourth-order valence-electron chi connectivity index (χ4n) is 3.48. The van der Waals surface area contributed by atoms with Crippen LogP contribution in [0, 0.1) is 6.92 Å². The molecule has 0 saturated heterocycles. The van der Waals surface area contributed by atoms with Crippen LogP contribution >= 0.6 is 0 Å². The Morgan fingerprint density at radius 3 is 2.15 bits per heavy atom. The molecular weight excluding hydrogens is 414 g/mol. The van der Waals surface area contributed by atoms with Crippen molar-refractivity contribution in [1.29, 1.82) is 0 Å². The molecule has 0 spiro atoms. The fraction of sp³-hybridized carbons (Fsp3) is 0.0741. The van der Waals surface area contributed by atoms with Crippen molar-refractivity contribution in [1.82, 2.24) is 9.88 Å². The predicted octanol–water partition coefficient (Wildman–Crippen LogP) is 4.33. The molecule has 0 fully saturated rings. The molecule has 0 aliphatic rings. The van der Waals surface area contributed by atoms with Gasteiger partial charge in [0.05, 0.1) is 0 Å². The van der Waals surface area contributed by atoms with Crippen molar-refractivity contribution in [2.24, 2.45) is 0 Å². The zero-order valence-corrected chi connectivity index (χ0v) is 18.1. The molecule has 0 unspecified atom stereocenters. The van der Waals surface area contributed by atoms with E-state index in [0.717, 1.165) is 11.1 Å². The van der Waals surface area contributed by atoms with E-state index in [2.05, 4.69) is 10.6 Å². The number of pyridine rings is 1. The summed E-state index contributed by atoms with van der Waals surface area (Å²) in [5, 5.41) is 5.65. The zero-order valence-electron chi connectivity index (χ0n) is 18.1. The van der Waals surface area contributed by atoms with Gasteiger partial charge in [0.15, 0.2) is 0 Å². The number of rotatable bonds is 6. The molecule has 0 bridgehead atoms. The zero-order chi connectivity index (χ0) is 23.2. The molecule has 2 N–H and O–H groups in total. The van der Waals surface area contributed by atoms with Crippen molar-refractivity contribution in [2.45, 2.75) is 13.5 Å². The van der Waals surface area contributed by atoms with E-state index in [-0.39, 0.29) is 11.5 Å². The van der Waals surface area contributed by atoms with Gasteiger partial charge < -0.3 is 10.6 Å². The molecule has 164 valence electrons. The lowest BCUT2D eigenvalue weighted by atomic mass is 10.1. The smallest absolute Gasteiger partial charge is 0.267 e. The second-order valence-electron chi connectivity index (χ2n) is 7.58. The normalized spacial score (nSPS) is 10.5. The van der Waals surface area contributed by atoms with Crippen LogP contribution in [0.1, 0.15) is 31.8 Å². The van der Waals surface area contributed by atoms with E-state index in [1.165, 1.54) is 10.6 Å². The number of nitrogens with one attached hydrogen (secondary N) is 2. The third-order valence-electron chi connectivity index (χ3n) is 5.28. The summed E-state index contributed by atoms with van der Waals surface area (Å²) in [5.41, 5.74) is 3.28. The number of anilines is 1. The summed E-state index contributed by atoms with van der Waals surface area (Å²) in [7, 11) is 0. The lowest BCUT2D eigenvalue weighted by Crippen LogP contribution is -2.31. The van der Waals surface area contributed by atoms with E-state index < -0.39 is 11.5 Å². The summed E-state index contributed by atoms with van der Waals surface area (Å²) >= 11 is 0. The Morgan fingerprint density at radius 1 is 0.758 bits per heavy atom. The third-order valence-corrected chi connectivity index (χ3v) is 5.28. The number of carbonyl (C=O) groups is 2. The molecule has 3 aromatic carbocycles. The van der Waals surface area contributed by atoms with Gasteiger partial charge in [0, 0.05) is 29.7 Å². The van der Waals surface area contributed by atoms with E-state index in [1.807, 2.05) is 55.5 Å². The predicted molar refractivity (Wildman–Crippen MR) is 129 cm³/mol. The minimum atomic E-state index is -0.430. The quantitative estimate of drug-likeness (QED) is 0.471. The van der Waals surface area contributed by atoms with Gasteiger partial charge in [0.1, 0.15) is 5.56 Å². The number of benzene rings is 3. The minimum absolute atomic E-state index is 0.0605. The Balaban J connectivity index is 1.49. The van der Waals surface area contributed by atoms with Gasteiger partial charge in [-0.3, -0.25) is 19.0 Å². The van der Waals surface area contributed by atoms with Crippen molar-refractivity contribution in [3.63, 3.8) is 0 Å². The van der Waals surface area contributed by atoms with Crippen molar-refractivity contribution in [3.8, 4) is 5.69 Å². The van der Waals surface area contributed by atoms with Gasteiger partial charge in [-0.1, -0.05) is 48.5 Å². The maximum Gasteiger partial charge on any atom is 0.267 e. The Labute approximate surface area is 191 Å². The molecule has 0 saturated carbocycles. The molecule has 0 aliphatic heterocycles. The van der Waals surface area contributed by atoms with Gasteiger partial charge in [-0.05, 0) is 60.5 Å². The Bertz CT molecular complexity index is 1340. The first-order valence-corrected chi connectivity index (χ1v) is 10.5. The maximum atomic E-state index is 12.9. The molecule has 0 aliphatic carbocycles. The topological polar surface area (TPSA) is 80.2 Å². The van der Waals surface area contributed by atoms with Crippen molar-refractivity contribution in [3.05, 3.63) is 130 Å². The average molecular weight is 437 g/mol. The number of amides is 2. The Morgan fingerprint density at radius 2 is 1.42 bits per heavy atom. The summed E-state index contributed by atoms with van der Waals surface area (Å²) in [6.07, 6.45) is 1.61. The first kappa shape index (κ1) is 21.8. The van der Waals surface area contributed by atoms with Gasteiger partial charge in [-0.15, -0.1) is 0 Å². The lowest BCUT2D eigenvalue weighted by Gasteiger charge is -2.11. The van der Waals surface area contributed by atoms with Crippen molar-refractivity contribution in [2.75, 3.05) is 5.32 Å². The van der Waals surface area contributed by atoms with E-state index in [1.54, 1.807) is 42.6 Å². The van der Waals surface area contributed by atoms with Crippen LogP contribution in [-0.2, 0) is 6.54 Å². The highest BCUT2D eigenvalue weighted by atomic mass is 16.2. The third kappa shape index (κ3) is 5.07. The van der Waals surface area contributed by atoms with Crippen LogP contribution in [0.3, 0.4) is 0 Å². The summed E-state index contributed by atoms with van der Waals surface area (Å²) in [5.74, 6) is -0.629. The van der Waals surface area contributed by atoms with Gasteiger partial charge in [-0.2, -0.15) is 0 Å². The first-order chi connectivity index (χ1) is 16.0. The molecule has 33 heavy (non-hydrogen) atoms. The van der Waals surface area contributed by atoms with Crippen LogP contribution < -0.4 is 16.2 Å². The molecule has 4 aromatic rings. The molecule has 1 aromatic heterocycles. The number of hydrogen-bond acceptors (Lipinski definition) is 3. The fourth-order valence-corrected chi connectivity index (χ4v) is 3.48. The van der Waals surface area contributed by atoms with E-state index in [4.69, 9.17) is 0 Å². The Hall–Kier alpha value is -4.45. The molecule has 2 amide bonds. The second-order valence-corrected chi connectivity index (χ2v) is 7.58. The Kier molecular flexibility index (Phi) is 6.45. The van der Waals surface area contributed by atoms with E-state index in [9.17, 15) is 14.4 Å². The van der Waals surface area contributed by atoms with E-state index >= 15 is 0 Å². The summed E-state index contributed by atoms with van der Waals surface area (Å²) in [6.45, 7) is 2.22. The summed E-state index contributed by atoms with van der Waals surface area (Å²) in [4.78, 5) is 38.0. The van der Waals surface area contributed by atoms with Crippen molar-refractivity contribution >= 4 is 17.5 Å². The van der Waals surface area contributed by atoms with Gasteiger partial charge in [-0.25, -0.2) is 0 Å². The van der Waals surface area contributed by atoms with Crippen LogP contribution in [0.4, 0.5) is 5.69 Å². The number of carbonyl (C=O) groups excluding carboxylic acids is 2. The SMILES string of the molecule is Cc1ccccc1C(=O)Nc1ccc(-n2cccc(C(=O)NCc3ccccc3)c2=O)cc1. The van der Waals surface area contributed by atoms with Crippen LogP contribution in [0.2, 0.25) is 0 Å². The van der Waals surface area contributed by atoms with Crippen LogP contribution in [0.25, 0.3) is 5.69 Å². The largest absolute Gasteiger partial charge is 0.348 e. The molecule has 6 nitrogen and oxygen atoms in total. The molecule has 4 rings (SSSR count). The number of aryl methyl sites for hydroxylation is 1. The lowest BCUT2D eigenvalue weighted by molar-refractivity contribution is 0.0948. The summed E-state index contributed by atoms with van der Waals surface area (Å²) < 4.78 is 1.41. The van der Waals surface area contributed by atoms with Gasteiger partial charge in [0.2, 0.25) is 0 Å². The number of nitrogens with zero attached hydrogens (tertiary/aromatic N) is 1. The molecular formula is C27H23N3O3. The maximum absolute atomic E-state index is 12.9. The number of aromatic nitrogens is 1. The molecule has 0 radical (unpaired) electrons. The molecule has 0 atom stereocenters. The second kappa shape index (κ2) is 9.78. The first-order valence-electron chi connectivity index (χ1n) is 10.5. The molecule has 6 heteroatoms. The van der Waals surface area contributed by atoms with Crippen LogP contribution in [0.5, 0.6) is 0 Å². The van der Waals surface area contributed by atoms with Gasteiger partial charge >= 0.3 is 0 Å². The van der Waals surface area contributed by atoms with Crippen LogP contribution in [0.15, 0.2) is 102 Å². The minimum Gasteiger partial charge on any atom is -0.348 e. The van der Waals surface area contributed by atoms with Gasteiger partial charge in [0.25, 0.3) is 17.4 Å². The van der Waals surface area contributed by atoms with Crippen LogP contribution in [-0.4, -0.2) is 16.4 Å². The summed E-state index contributed by atoms with van der Waals surface area (Å²) in [6, 6.07) is 26.9. The van der Waals surface area contributed by atoms with Crippen molar-refractivity contribution < 1.29 is 9.59 Å². The highest BCUT2D eigenvalue weighted by Crippen LogP contribution is 2.15. The number of hydrogen-bond donors (Lipinski definition) is 2. The monoisotopic (exact) mass is 437 g/mol. The standard InChI is InChI=1S/C27H23N3O3/c1-19-8-5-6-11-23(19)26(32)29-21-13-15-22(16-14-21)30-17-7-12-24(27(30)33)25(31)28-18-20-9-3-2-4-10-20/h2-17H,18H2,1H3,(H,28,31)(H,29,32). The highest BCUT2D eigenvalue weighted by molar-refractivity contribution is 6.05. The highest BCUT2D eigenvalue weighted by Gasteiger charge is 2.13. The average Bonchev–Trinajstić information content (AvgIpc) is 2.84. The van der Waals surface area contributed by atoms with E-state index in [0.29, 0.717) is 23.5 Å².